The lowest BCUT2D eigenvalue weighted by Crippen LogP contribution is -2.48. The molecule has 0 aromatic carbocycles. The Bertz CT molecular complexity index is 174. The Kier molecular flexibility index (Phi) is 7.87. The van der Waals surface area contributed by atoms with Crippen LogP contribution >= 0.6 is 0 Å². The molecule has 1 saturated heterocycles. The smallest absolute Gasteiger partial charge is 0.0304 e. The Labute approximate surface area is 108 Å². The molecular weight excluding hydrogens is 208 g/mol. The molecule has 0 saturated carbocycles. The summed E-state index contributed by atoms with van der Waals surface area (Å²) in [5, 5.41) is 7.32. The molecule has 17 heavy (non-hydrogen) atoms. The highest BCUT2D eigenvalue weighted by atomic mass is 15.1. The van der Waals surface area contributed by atoms with Crippen LogP contribution in [0.4, 0.5) is 0 Å². The summed E-state index contributed by atoms with van der Waals surface area (Å²) in [4.78, 5) is 0. The van der Waals surface area contributed by atoms with Crippen LogP contribution in [-0.2, 0) is 0 Å². The Hall–Kier alpha value is -0.0800. The topological polar surface area (TPSA) is 24.1 Å². The first kappa shape index (κ1) is 15.0. The van der Waals surface area contributed by atoms with E-state index in [0.717, 1.165) is 0 Å². The molecule has 2 nitrogen and oxygen atoms in total. The van der Waals surface area contributed by atoms with E-state index < -0.39 is 0 Å². The van der Waals surface area contributed by atoms with Gasteiger partial charge in [0.05, 0.1) is 0 Å². The van der Waals surface area contributed by atoms with Gasteiger partial charge >= 0.3 is 0 Å². The van der Waals surface area contributed by atoms with Gasteiger partial charge in [0.2, 0.25) is 0 Å². The molecule has 0 amide bonds. The van der Waals surface area contributed by atoms with E-state index in [1.807, 2.05) is 0 Å². The highest BCUT2D eigenvalue weighted by molar-refractivity contribution is 4.93. The zero-order chi connectivity index (χ0) is 12.4. The fourth-order valence-corrected chi connectivity index (χ4v) is 2.80. The molecule has 1 aliphatic heterocycles. The Morgan fingerprint density at radius 1 is 1.06 bits per heavy atom. The normalized spacial score (nSPS) is 24.4. The van der Waals surface area contributed by atoms with Gasteiger partial charge in [-0.2, -0.15) is 0 Å². The summed E-state index contributed by atoms with van der Waals surface area (Å²) in [7, 11) is 0. The summed E-state index contributed by atoms with van der Waals surface area (Å²) in [6.07, 6.45) is 12.3. The van der Waals surface area contributed by atoms with Crippen molar-refractivity contribution in [3.8, 4) is 0 Å². The first-order valence-electron chi connectivity index (χ1n) is 7.79. The van der Waals surface area contributed by atoms with Crippen molar-refractivity contribution in [3.05, 3.63) is 0 Å². The van der Waals surface area contributed by atoms with E-state index in [4.69, 9.17) is 0 Å². The summed E-state index contributed by atoms with van der Waals surface area (Å²) < 4.78 is 0. The monoisotopic (exact) mass is 240 g/mol. The second-order valence-corrected chi connectivity index (χ2v) is 5.61. The lowest BCUT2D eigenvalue weighted by atomic mass is 9.94. The Morgan fingerprint density at radius 2 is 1.82 bits per heavy atom. The third kappa shape index (κ3) is 5.87. The molecule has 0 aliphatic carbocycles. The SMILES string of the molecule is CCCCCCCCNCC1(CC)CCCN1. The lowest BCUT2D eigenvalue weighted by molar-refractivity contribution is 0.339. The lowest BCUT2D eigenvalue weighted by Gasteiger charge is -2.28. The zero-order valence-electron chi connectivity index (χ0n) is 12.0. The average molecular weight is 240 g/mol. The summed E-state index contributed by atoms with van der Waals surface area (Å²) in [5.41, 5.74) is 0.419. The van der Waals surface area contributed by atoms with Crippen molar-refractivity contribution in [2.75, 3.05) is 19.6 Å². The quantitative estimate of drug-likeness (QED) is 0.571. The molecule has 1 fully saturated rings. The third-order valence-corrected chi connectivity index (χ3v) is 4.18. The fourth-order valence-electron chi connectivity index (χ4n) is 2.80. The van der Waals surface area contributed by atoms with Gasteiger partial charge in [-0.05, 0) is 38.8 Å². The summed E-state index contributed by atoms with van der Waals surface area (Å²) >= 11 is 0. The van der Waals surface area contributed by atoms with Gasteiger partial charge in [-0.3, -0.25) is 0 Å². The molecule has 0 bridgehead atoms. The highest BCUT2D eigenvalue weighted by Crippen LogP contribution is 2.21. The molecule has 1 atom stereocenters. The maximum atomic E-state index is 3.68. The fraction of sp³-hybridized carbons (Fsp3) is 1.00. The summed E-state index contributed by atoms with van der Waals surface area (Å²) in [6.45, 7) is 8.17. The van der Waals surface area contributed by atoms with E-state index in [2.05, 4.69) is 24.5 Å². The van der Waals surface area contributed by atoms with Gasteiger partial charge in [-0.15, -0.1) is 0 Å². The van der Waals surface area contributed by atoms with Crippen LogP contribution in [0.5, 0.6) is 0 Å². The first-order valence-corrected chi connectivity index (χ1v) is 7.79. The molecule has 102 valence electrons. The Balaban J connectivity index is 1.92. The van der Waals surface area contributed by atoms with Crippen molar-refractivity contribution in [3.63, 3.8) is 0 Å². The van der Waals surface area contributed by atoms with Gasteiger partial charge in [-0.1, -0.05) is 46.0 Å². The second kappa shape index (κ2) is 8.93. The minimum atomic E-state index is 0.419. The van der Waals surface area contributed by atoms with Crippen molar-refractivity contribution in [2.24, 2.45) is 0 Å². The van der Waals surface area contributed by atoms with Gasteiger partial charge in [-0.25, -0.2) is 0 Å². The minimum Gasteiger partial charge on any atom is -0.315 e. The van der Waals surface area contributed by atoms with Gasteiger partial charge < -0.3 is 10.6 Å². The molecule has 0 radical (unpaired) electrons. The van der Waals surface area contributed by atoms with E-state index in [1.54, 1.807) is 0 Å². The molecule has 0 aromatic rings. The van der Waals surface area contributed by atoms with Crippen molar-refractivity contribution < 1.29 is 0 Å². The van der Waals surface area contributed by atoms with Crippen LogP contribution in [0.3, 0.4) is 0 Å². The van der Waals surface area contributed by atoms with Crippen molar-refractivity contribution >= 4 is 0 Å². The number of rotatable bonds is 10. The predicted molar refractivity (Wildman–Crippen MR) is 76.5 cm³/mol. The van der Waals surface area contributed by atoms with Crippen molar-refractivity contribution in [2.45, 2.75) is 77.2 Å². The van der Waals surface area contributed by atoms with Crippen molar-refractivity contribution in [1.82, 2.24) is 10.6 Å². The highest BCUT2D eigenvalue weighted by Gasteiger charge is 2.30. The number of nitrogens with one attached hydrogen (secondary N) is 2. The molecule has 0 aromatic heterocycles. The van der Waals surface area contributed by atoms with E-state index in [1.165, 1.54) is 77.4 Å². The molecule has 2 heteroatoms. The first-order chi connectivity index (χ1) is 8.33. The van der Waals surface area contributed by atoms with Crippen molar-refractivity contribution in [1.29, 1.82) is 0 Å². The molecule has 1 aliphatic rings. The Morgan fingerprint density at radius 3 is 2.47 bits per heavy atom. The van der Waals surface area contributed by atoms with E-state index in [-0.39, 0.29) is 0 Å². The van der Waals surface area contributed by atoms with Gasteiger partial charge in [0, 0.05) is 12.1 Å². The molecular formula is C15H32N2. The molecule has 2 N–H and O–H groups in total. The summed E-state index contributed by atoms with van der Waals surface area (Å²) in [6, 6.07) is 0. The van der Waals surface area contributed by atoms with E-state index in [0.29, 0.717) is 5.54 Å². The van der Waals surface area contributed by atoms with Gasteiger partial charge in [0.15, 0.2) is 0 Å². The van der Waals surface area contributed by atoms with Gasteiger partial charge in [0.25, 0.3) is 0 Å². The van der Waals surface area contributed by atoms with E-state index in [9.17, 15) is 0 Å². The van der Waals surface area contributed by atoms with Crippen LogP contribution in [0.15, 0.2) is 0 Å². The summed E-state index contributed by atoms with van der Waals surface area (Å²) in [5.74, 6) is 0. The minimum absolute atomic E-state index is 0.419. The molecule has 1 rings (SSSR count). The van der Waals surface area contributed by atoms with Crippen LogP contribution in [-0.4, -0.2) is 25.2 Å². The molecule has 0 spiro atoms. The largest absolute Gasteiger partial charge is 0.315 e. The van der Waals surface area contributed by atoms with Crippen LogP contribution in [0.25, 0.3) is 0 Å². The predicted octanol–water partition coefficient (Wildman–Crippen LogP) is 3.47. The van der Waals surface area contributed by atoms with Crippen LogP contribution in [0.1, 0.15) is 71.6 Å². The van der Waals surface area contributed by atoms with Crippen LogP contribution < -0.4 is 10.6 Å². The number of hydrogen-bond acceptors (Lipinski definition) is 2. The second-order valence-electron chi connectivity index (χ2n) is 5.61. The average Bonchev–Trinajstić information content (AvgIpc) is 2.82. The third-order valence-electron chi connectivity index (χ3n) is 4.18. The maximum absolute atomic E-state index is 3.68. The standard InChI is InChI=1S/C15H32N2/c1-3-5-6-7-8-9-12-16-14-15(4-2)11-10-13-17-15/h16-17H,3-14H2,1-2H3. The molecule has 1 heterocycles. The van der Waals surface area contributed by atoms with E-state index >= 15 is 0 Å². The van der Waals surface area contributed by atoms with Crippen LogP contribution in [0.2, 0.25) is 0 Å². The zero-order valence-corrected chi connectivity index (χ0v) is 12.0. The number of unbranched alkanes of at least 4 members (excludes halogenated alkanes) is 5. The maximum Gasteiger partial charge on any atom is 0.0304 e. The van der Waals surface area contributed by atoms with Crippen LogP contribution in [0, 0.1) is 0 Å². The van der Waals surface area contributed by atoms with Gasteiger partial charge in [0.1, 0.15) is 0 Å². The molecule has 1 unspecified atom stereocenters. The number of hydrogen-bond donors (Lipinski definition) is 2.